The SMILES string of the molecule is Cc1cccc(C2=NOC(c3cccc(Cl)c3)N2)c1. The molecule has 0 amide bonds. The van der Waals surface area contributed by atoms with Crippen molar-refractivity contribution in [1.29, 1.82) is 0 Å². The van der Waals surface area contributed by atoms with Gasteiger partial charge in [-0.2, -0.15) is 0 Å². The van der Waals surface area contributed by atoms with Crippen molar-refractivity contribution in [2.75, 3.05) is 0 Å². The molecule has 0 saturated heterocycles. The van der Waals surface area contributed by atoms with Crippen molar-refractivity contribution in [3.05, 3.63) is 70.2 Å². The Morgan fingerprint density at radius 1 is 1.16 bits per heavy atom. The highest BCUT2D eigenvalue weighted by molar-refractivity contribution is 6.30. The number of hydrogen-bond acceptors (Lipinski definition) is 3. The van der Waals surface area contributed by atoms with E-state index in [1.165, 1.54) is 5.56 Å². The number of oxime groups is 1. The number of nitrogens with one attached hydrogen (secondary N) is 1. The first kappa shape index (κ1) is 12.1. The average Bonchev–Trinajstić information content (AvgIpc) is 2.88. The first-order valence-electron chi connectivity index (χ1n) is 6.05. The molecule has 3 nitrogen and oxygen atoms in total. The molecule has 0 spiro atoms. The van der Waals surface area contributed by atoms with Gasteiger partial charge < -0.3 is 10.2 Å². The molecule has 96 valence electrons. The topological polar surface area (TPSA) is 33.6 Å². The monoisotopic (exact) mass is 272 g/mol. The van der Waals surface area contributed by atoms with E-state index in [1.54, 1.807) is 0 Å². The number of hydrogen-bond donors (Lipinski definition) is 1. The Bertz CT molecular complexity index is 640. The largest absolute Gasteiger partial charge is 0.364 e. The van der Waals surface area contributed by atoms with E-state index in [2.05, 4.69) is 16.5 Å². The highest BCUT2D eigenvalue weighted by atomic mass is 35.5. The van der Waals surface area contributed by atoms with Gasteiger partial charge in [0.05, 0.1) is 0 Å². The van der Waals surface area contributed by atoms with Gasteiger partial charge in [0.1, 0.15) is 0 Å². The summed E-state index contributed by atoms with van der Waals surface area (Å²) < 4.78 is 0. The van der Waals surface area contributed by atoms with Crippen LogP contribution in [-0.2, 0) is 4.84 Å². The molecule has 1 atom stereocenters. The van der Waals surface area contributed by atoms with E-state index >= 15 is 0 Å². The van der Waals surface area contributed by atoms with E-state index in [1.807, 2.05) is 49.4 Å². The van der Waals surface area contributed by atoms with Crippen molar-refractivity contribution in [3.63, 3.8) is 0 Å². The van der Waals surface area contributed by atoms with Gasteiger partial charge in [-0.25, -0.2) is 0 Å². The zero-order valence-corrected chi connectivity index (χ0v) is 11.2. The molecule has 2 aromatic carbocycles. The van der Waals surface area contributed by atoms with Crippen molar-refractivity contribution in [2.24, 2.45) is 5.16 Å². The van der Waals surface area contributed by atoms with Gasteiger partial charge in [-0.3, -0.25) is 0 Å². The Kier molecular flexibility index (Phi) is 3.13. The van der Waals surface area contributed by atoms with Crippen LogP contribution in [0.3, 0.4) is 0 Å². The highest BCUT2D eigenvalue weighted by Gasteiger charge is 2.22. The lowest BCUT2D eigenvalue weighted by Crippen LogP contribution is -2.23. The first-order chi connectivity index (χ1) is 9.22. The molecule has 0 saturated carbocycles. The van der Waals surface area contributed by atoms with Crippen LogP contribution in [0.15, 0.2) is 53.7 Å². The third kappa shape index (κ3) is 2.56. The fraction of sp³-hybridized carbons (Fsp3) is 0.133. The molecule has 0 radical (unpaired) electrons. The number of halogens is 1. The summed E-state index contributed by atoms with van der Waals surface area (Å²) in [5.41, 5.74) is 3.16. The lowest BCUT2D eigenvalue weighted by Gasteiger charge is -2.10. The Morgan fingerprint density at radius 3 is 2.79 bits per heavy atom. The van der Waals surface area contributed by atoms with Gasteiger partial charge in [0.15, 0.2) is 5.84 Å². The predicted molar refractivity (Wildman–Crippen MR) is 76.1 cm³/mol. The van der Waals surface area contributed by atoms with Crippen LogP contribution < -0.4 is 5.32 Å². The van der Waals surface area contributed by atoms with Crippen LogP contribution >= 0.6 is 11.6 Å². The Labute approximate surface area is 116 Å². The third-order valence-electron chi connectivity index (χ3n) is 2.96. The van der Waals surface area contributed by atoms with Crippen molar-refractivity contribution < 1.29 is 4.84 Å². The molecular formula is C15H13ClN2O. The molecule has 1 heterocycles. The second kappa shape index (κ2) is 4.94. The molecule has 1 aliphatic heterocycles. The maximum atomic E-state index is 5.98. The number of nitrogens with zero attached hydrogens (tertiary/aromatic N) is 1. The van der Waals surface area contributed by atoms with Crippen LogP contribution in [-0.4, -0.2) is 5.84 Å². The van der Waals surface area contributed by atoms with E-state index in [9.17, 15) is 0 Å². The van der Waals surface area contributed by atoms with Gasteiger partial charge in [-0.05, 0) is 25.1 Å². The van der Waals surface area contributed by atoms with Crippen LogP contribution in [0.25, 0.3) is 0 Å². The van der Waals surface area contributed by atoms with Crippen LogP contribution in [0.2, 0.25) is 5.02 Å². The molecule has 1 unspecified atom stereocenters. The molecule has 0 fully saturated rings. The Hall–Kier alpha value is -2.00. The zero-order chi connectivity index (χ0) is 13.2. The van der Waals surface area contributed by atoms with E-state index in [4.69, 9.17) is 16.4 Å². The van der Waals surface area contributed by atoms with Gasteiger partial charge in [-0.1, -0.05) is 52.7 Å². The van der Waals surface area contributed by atoms with Crippen molar-refractivity contribution in [3.8, 4) is 0 Å². The molecule has 0 aliphatic carbocycles. The lowest BCUT2D eigenvalue weighted by molar-refractivity contribution is 0.0729. The number of benzene rings is 2. The fourth-order valence-electron chi connectivity index (χ4n) is 2.02. The summed E-state index contributed by atoms with van der Waals surface area (Å²) in [5, 5.41) is 8.03. The van der Waals surface area contributed by atoms with Crippen LogP contribution in [0, 0.1) is 6.92 Å². The summed E-state index contributed by atoms with van der Waals surface area (Å²) in [4.78, 5) is 5.42. The van der Waals surface area contributed by atoms with E-state index in [0.717, 1.165) is 17.0 Å². The van der Waals surface area contributed by atoms with Gasteiger partial charge >= 0.3 is 0 Å². The maximum Gasteiger partial charge on any atom is 0.224 e. The summed E-state index contributed by atoms with van der Waals surface area (Å²) in [6.07, 6.45) is -0.283. The lowest BCUT2D eigenvalue weighted by atomic mass is 10.1. The Morgan fingerprint density at radius 2 is 2.00 bits per heavy atom. The highest BCUT2D eigenvalue weighted by Crippen LogP contribution is 2.23. The molecule has 4 heteroatoms. The van der Waals surface area contributed by atoms with E-state index in [-0.39, 0.29) is 6.23 Å². The summed E-state index contributed by atoms with van der Waals surface area (Å²) >= 11 is 5.98. The molecule has 3 rings (SSSR count). The van der Waals surface area contributed by atoms with E-state index < -0.39 is 0 Å². The minimum absolute atomic E-state index is 0.283. The summed E-state index contributed by atoms with van der Waals surface area (Å²) in [6.45, 7) is 2.05. The summed E-state index contributed by atoms with van der Waals surface area (Å²) in [7, 11) is 0. The molecule has 1 aliphatic rings. The minimum Gasteiger partial charge on any atom is -0.364 e. The third-order valence-corrected chi connectivity index (χ3v) is 3.20. The van der Waals surface area contributed by atoms with Crippen molar-refractivity contribution >= 4 is 17.4 Å². The zero-order valence-electron chi connectivity index (χ0n) is 10.4. The normalized spacial score (nSPS) is 17.6. The average molecular weight is 273 g/mol. The molecule has 19 heavy (non-hydrogen) atoms. The number of aryl methyl sites for hydroxylation is 1. The molecule has 0 bridgehead atoms. The Balaban J connectivity index is 1.80. The fourth-order valence-corrected chi connectivity index (χ4v) is 2.22. The number of rotatable bonds is 2. The van der Waals surface area contributed by atoms with Crippen LogP contribution in [0.1, 0.15) is 22.9 Å². The molecular weight excluding hydrogens is 260 g/mol. The van der Waals surface area contributed by atoms with Crippen molar-refractivity contribution in [2.45, 2.75) is 13.2 Å². The first-order valence-corrected chi connectivity index (χ1v) is 6.43. The molecule has 2 aromatic rings. The van der Waals surface area contributed by atoms with Crippen LogP contribution in [0.4, 0.5) is 0 Å². The predicted octanol–water partition coefficient (Wildman–Crippen LogP) is 3.63. The van der Waals surface area contributed by atoms with E-state index in [0.29, 0.717) is 5.02 Å². The number of amidine groups is 1. The van der Waals surface area contributed by atoms with Gasteiger partial charge in [0.2, 0.25) is 6.23 Å². The second-order valence-electron chi connectivity index (χ2n) is 4.49. The minimum atomic E-state index is -0.283. The smallest absolute Gasteiger partial charge is 0.224 e. The quantitative estimate of drug-likeness (QED) is 0.906. The van der Waals surface area contributed by atoms with Crippen LogP contribution in [0.5, 0.6) is 0 Å². The van der Waals surface area contributed by atoms with Gasteiger partial charge in [0, 0.05) is 16.1 Å². The maximum absolute atomic E-state index is 5.98. The van der Waals surface area contributed by atoms with Gasteiger partial charge in [-0.15, -0.1) is 0 Å². The molecule has 1 N–H and O–H groups in total. The summed E-state index contributed by atoms with van der Waals surface area (Å²) in [6, 6.07) is 15.7. The second-order valence-corrected chi connectivity index (χ2v) is 4.93. The standard InChI is InChI=1S/C15H13ClN2O/c1-10-4-2-5-11(8-10)14-17-15(19-18-14)12-6-3-7-13(16)9-12/h2-9,15H,1H3,(H,17,18). The summed E-state index contributed by atoms with van der Waals surface area (Å²) in [5.74, 6) is 0.744. The van der Waals surface area contributed by atoms with Gasteiger partial charge in [0.25, 0.3) is 0 Å². The van der Waals surface area contributed by atoms with Crippen molar-refractivity contribution in [1.82, 2.24) is 5.32 Å². The molecule has 0 aromatic heterocycles.